The molecule has 19 heavy (non-hydrogen) atoms. The smallest absolute Gasteiger partial charge is 0.339 e. The van der Waals surface area contributed by atoms with Gasteiger partial charge in [0.15, 0.2) is 0 Å². The summed E-state index contributed by atoms with van der Waals surface area (Å²) in [5.41, 5.74) is 3.99. The molecular weight excluding hydrogens is 240 g/mol. The minimum atomic E-state index is -0.914. The minimum absolute atomic E-state index is 0.310. The lowest BCUT2D eigenvalue weighted by Gasteiger charge is -2.06. The lowest BCUT2D eigenvalue weighted by molar-refractivity contribution is 0.0695. The highest BCUT2D eigenvalue weighted by molar-refractivity contribution is 5.90. The largest absolute Gasteiger partial charge is 0.478 e. The van der Waals surface area contributed by atoms with Crippen molar-refractivity contribution in [3.63, 3.8) is 0 Å². The Bertz CT molecular complexity index is 597. The van der Waals surface area contributed by atoms with E-state index in [9.17, 15) is 4.79 Å². The molecule has 0 bridgehead atoms. The average Bonchev–Trinajstić information content (AvgIpc) is 2.65. The predicted molar refractivity (Wildman–Crippen MR) is 73.6 cm³/mol. The number of hydrogen-bond acceptors (Lipinski definition) is 2. The summed E-state index contributed by atoms with van der Waals surface area (Å²) in [5, 5.41) is 13.4. The molecule has 0 spiro atoms. The Morgan fingerprint density at radius 1 is 1.21 bits per heavy atom. The molecule has 0 aliphatic carbocycles. The summed E-state index contributed by atoms with van der Waals surface area (Å²) in [5.74, 6) is -0.914. The third-order valence-electron chi connectivity index (χ3n) is 3.36. The molecular formula is C15H18N2O2. The normalized spacial score (nSPS) is 10.7. The molecule has 1 aromatic carbocycles. The van der Waals surface area contributed by atoms with Crippen LogP contribution in [0, 0.1) is 13.8 Å². The Labute approximate surface area is 112 Å². The maximum absolute atomic E-state index is 11.1. The number of nitrogens with zero attached hydrogens (tertiary/aromatic N) is 2. The van der Waals surface area contributed by atoms with Gasteiger partial charge in [-0.3, -0.25) is 4.68 Å². The number of hydrogen-bond donors (Lipinski definition) is 1. The van der Waals surface area contributed by atoms with Crippen molar-refractivity contribution in [1.29, 1.82) is 0 Å². The van der Waals surface area contributed by atoms with Crippen LogP contribution in [-0.2, 0) is 13.0 Å². The fourth-order valence-electron chi connectivity index (χ4n) is 2.21. The summed E-state index contributed by atoms with van der Waals surface area (Å²) in [6.07, 6.45) is 1.02. The first-order chi connectivity index (χ1) is 9.02. The number of rotatable bonds is 4. The lowest BCUT2D eigenvalue weighted by Crippen LogP contribution is -2.05. The van der Waals surface area contributed by atoms with Gasteiger partial charge in [0.2, 0.25) is 0 Å². The Kier molecular flexibility index (Phi) is 3.69. The molecule has 2 rings (SSSR count). The first-order valence-corrected chi connectivity index (χ1v) is 6.38. The minimum Gasteiger partial charge on any atom is -0.478 e. The Hall–Kier alpha value is -2.10. The molecule has 0 radical (unpaired) electrons. The van der Waals surface area contributed by atoms with Crippen LogP contribution in [0.25, 0.3) is 0 Å². The van der Waals surface area contributed by atoms with Gasteiger partial charge in [-0.05, 0) is 31.4 Å². The summed E-state index contributed by atoms with van der Waals surface area (Å²) >= 11 is 0. The molecule has 0 unspecified atom stereocenters. The van der Waals surface area contributed by atoms with Gasteiger partial charge >= 0.3 is 5.97 Å². The molecule has 100 valence electrons. The molecule has 0 amide bonds. The van der Waals surface area contributed by atoms with Gasteiger partial charge in [-0.15, -0.1) is 0 Å². The van der Waals surface area contributed by atoms with Crippen LogP contribution in [0.4, 0.5) is 0 Å². The predicted octanol–water partition coefficient (Wildman–Crippen LogP) is 2.81. The Balaban J connectivity index is 2.28. The zero-order valence-electron chi connectivity index (χ0n) is 11.5. The summed E-state index contributed by atoms with van der Waals surface area (Å²) in [7, 11) is 0. The summed E-state index contributed by atoms with van der Waals surface area (Å²) in [6.45, 7) is 6.25. The van der Waals surface area contributed by atoms with Gasteiger partial charge in [-0.25, -0.2) is 4.79 Å². The first kappa shape index (κ1) is 13.3. The fraction of sp³-hybridized carbons (Fsp3) is 0.333. The number of carboxylic acid groups (broad SMARTS) is 1. The number of carboxylic acids is 1. The molecule has 4 nitrogen and oxygen atoms in total. The van der Waals surface area contributed by atoms with E-state index < -0.39 is 5.97 Å². The van der Waals surface area contributed by atoms with Crippen LogP contribution in [0.5, 0.6) is 0 Å². The highest BCUT2D eigenvalue weighted by Gasteiger charge is 2.17. The molecule has 1 heterocycles. The van der Waals surface area contributed by atoms with Crippen molar-refractivity contribution in [2.24, 2.45) is 0 Å². The van der Waals surface area contributed by atoms with Crippen LogP contribution in [0.2, 0.25) is 0 Å². The van der Waals surface area contributed by atoms with Gasteiger partial charge in [0, 0.05) is 0 Å². The number of carbonyl (C=O) groups is 1. The number of aryl methyl sites for hydroxylation is 2. The van der Waals surface area contributed by atoms with Gasteiger partial charge in [0.1, 0.15) is 5.56 Å². The standard InChI is InChI=1S/C15H18N2O2/c1-4-12-5-7-13(8-6-12)9-17-11(3)14(15(18)19)10(2)16-17/h5-8H,4,9H2,1-3H3,(H,18,19). The number of benzene rings is 1. The molecule has 1 aromatic heterocycles. The van der Waals surface area contributed by atoms with E-state index in [4.69, 9.17) is 5.11 Å². The average molecular weight is 258 g/mol. The summed E-state index contributed by atoms with van der Waals surface area (Å²) in [4.78, 5) is 11.1. The molecule has 0 atom stereocenters. The van der Waals surface area contributed by atoms with Crippen molar-refractivity contribution in [3.05, 3.63) is 52.3 Å². The molecule has 0 aliphatic heterocycles. The number of aromatic nitrogens is 2. The fourth-order valence-corrected chi connectivity index (χ4v) is 2.21. The Morgan fingerprint density at radius 3 is 2.26 bits per heavy atom. The molecule has 0 fully saturated rings. The molecule has 4 heteroatoms. The van der Waals surface area contributed by atoms with E-state index in [0.29, 0.717) is 23.5 Å². The zero-order chi connectivity index (χ0) is 14.0. The Morgan fingerprint density at radius 2 is 1.79 bits per heavy atom. The first-order valence-electron chi connectivity index (χ1n) is 6.38. The van der Waals surface area contributed by atoms with E-state index in [1.165, 1.54) is 5.56 Å². The molecule has 0 aliphatic rings. The molecule has 2 aromatic rings. The number of aromatic carboxylic acids is 1. The van der Waals surface area contributed by atoms with Crippen molar-refractivity contribution in [2.75, 3.05) is 0 Å². The van der Waals surface area contributed by atoms with Crippen molar-refractivity contribution < 1.29 is 9.90 Å². The second kappa shape index (κ2) is 5.26. The maximum atomic E-state index is 11.1. The quantitative estimate of drug-likeness (QED) is 0.917. The van der Waals surface area contributed by atoms with E-state index in [2.05, 4.69) is 36.3 Å². The second-order valence-electron chi connectivity index (χ2n) is 4.68. The van der Waals surface area contributed by atoms with Gasteiger partial charge in [-0.1, -0.05) is 31.2 Å². The second-order valence-corrected chi connectivity index (χ2v) is 4.68. The summed E-state index contributed by atoms with van der Waals surface area (Å²) in [6, 6.07) is 8.32. The van der Waals surface area contributed by atoms with E-state index >= 15 is 0 Å². The van der Waals surface area contributed by atoms with Crippen LogP contribution in [0.15, 0.2) is 24.3 Å². The highest BCUT2D eigenvalue weighted by Crippen LogP contribution is 2.15. The van der Waals surface area contributed by atoms with Gasteiger partial charge in [0.25, 0.3) is 0 Å². The highest BCUT2D eigenvalue weighted by atomic mass is 16.4. The van der Waals surface area contributed by atoms with E-state index in [1.54, 1.807) is 18.5 Å². The molecule has 1 N–H and O–H groups in total. The van der Waals surface area contributed by atoms with E-state index in [0.717, 1.165) is 12.0 Å². The van der Waals surface area contributed by atoms with Crippen molar-refractivity contribution in [2.45, 2.75) is 33.7 Å². The van der Waals surface area contributed by atoms with Crippen molar-refractivity contribution in [1.82, 2.24) is 9.78 Å². The SMILES string of the molecule is CCc1ccc(Cn2nc(C)c(C(=O)O)c2C)cc1. The van der Waals surface area contributed by atoms with Crippen LogP contribution < -0.4 is 0 Å². The monoisotopic (exact) mass is 258 g/mol. The molecule has 0 saturated heterocycles. The summed E-state index contributed by atoms with van der Waals surface area (Å²) < 4.78 is 1.75. The van der Waals surface area contributed by atoms with Crippen LogP contribution in [0.1, 0.15) is 39.8 Å². The lowest BCUT2D eigenvalue weighted by atomic mass is 10.1. The van der Waals surface area contributed by atoms with Gasteiger partial charge in [-0.2, -0.15) is 5.10 Å². The van der Waals surface area contributed by atoms with Gasteiger partial charge in [0.05, 0.1) is 17.9 Å². The van der Waals surface area contributed by atoms with E-state index in [-0.39, 0.29) is 0 Å². The van der Waals surface area contributed by atoms with Crippen LogP contribution in [0.3, 0.4) is 0 Å². The van der Waals surface area contributed by atoms with Gasteiger partial charge < -0.3 is 5.11 Å². The maximum Gasteiger partial charge on any atom is 0.339 e. The van der Waals surface area contributed by atoms with Crippen molar-refractivity contribution >= 4 is 5.97 Å². The van der Waals surface area contributed by atoms with Crippen LogP contribution in [-0.4, -0.2) is 20.9 Å². The third-order valence-corrected chi connectivity index (χ3v) is 3.36. The third kappa shape index (κ3) is 2.67. The molecule has 0 saturated carbocycles. The van der Waals surface area contributed by atoms with E-state index in [1.807, 2.05) is 0 Å². The zero-order valence-corrected chi connectivity index (χ0v) is 11.5. The topological polar surface area (TPSA) is 55.1 Å². The van der Waals surface area contributed by atoms with Crippen LogP contribution >= 0.6 is 0 Å². The van der Waals surface area contributed by atoms with Crippen molar-refractivity contribution in [3.8, 4) is 0 Å².